The van der Waals surface area contributed by atoms with Gasteiger partial charge in [0.15, 0.2) is 11.5 Å². The zero-order chi connectivity index (χ0) is 22.5. The van der Waals surface area contributed by atoms with Crippen LogP contribution >= 0.6 is 0 Å². The van der Waals surface area contributed by atoms with E-state index in [-0.39, 0.29) is 20.4 Å². The number of sulfonamides is 1. The number of ether oxygens (including phenoxy) is 2. The van der Waals surface area contributed by atoms with Gasteiger partial charge in [-0.25, -0.2) is 18.5 Å². The highest BCUT2D eigenvalue weighted by molar-refractivity contribution is 7.89. The van der Waals surface area contributed by atoms with E-state index in [2.05, 4.69) is 10.3 Å². The van der Waals surface area contributed by atoms with Crippen molar-refractivity contribution in [2.75, 3.05) is 12.1 Å². The Hall–Kier alpha value is -3.43. The molecule has 1 aromatic heterocycles. The van der Waals surface area contributed by atoms with E-state index in [0.29, 0.717) is 17.3 Å². The van der Waals surface area contributed by atoms with Crippen molar-refractivity contribution in [1.82, 2.24) is 4.98 Å². The third-order valence-corrected chi connectivity index (χ3v) is 6.89. The summed E-state index contributed by atoms with van der Waals surface area (Å²) in [5.74, 6) is 1.71. The van der Waals surface area contributed by atoms with Crippen LogP contribution in [0.25, 0.3) is 11.1 Å². The number of amides is 1. The summed E-state index contributed by atoms with van der Waals surface area (Å²) < 4.78 is 33.7. The van der Waals surface area contributed by atoms with Gasteiger partial charge in [0, 0.05) is 14.6 Å². The smallest absolute Gasteiger partial charge is 0.238 e. The molecule has 2 heterocycles. The van der Waals surface area contributed by atoms with Crippen molar-refractivity contribution in [1.29, 1.82) is 0 Å². The highest BCUT2D eigenvalue weighted by Crippen LogP contribution is 2.51. The Bertz CT molecular complexity index is 1340. The molecule has 0 saturated heterocycles. The summed E-state index contributed by atoms with van der Waals surface area (Å²) in [5.41, 5.74) is 2.85. The van der Waals surface area contributed by atoms with Crippen LogP contribution in [0, 0.1) is 6.92 Å². The zero-order valence-electron chi connectivity index (χ0n) is 17.3. The minimum absolute atomic E-state index is 0. The molecule has 2 aliphatic rings. The Morgan fingerprint density at radius 3 is 2.47 bits per heavy atom. The molecule has 0 spiro atoms. The molecule has 5 rings (SSSR count). The highest BCUT2D eigenvalue weighted by atomic mass is 32.2. The number of benzene rings is 2. The fraction of sp³-hybridized carbons (Fsp3) is 0.217. The maximum absolute atomic E-state index is 13.1. The molecule has 168 valence electrons. The summed E-state index contributed by atoms with van der Waals surface area (Å²) in [7, 11) is -3.74. The standard InChI is InChI=1S/C23H21N3O5S.2H2/c1-14-10-21(25-12-18(14)15-2-5-17(6-3-15)32(24,28)29)26-22(27)23(8-9-23)16-4-7-19-20(11-16)31-13-30-19;;/h2-7,10-12H,8-9,13H2,1H3,(H2,24,28,29)(H,25,26,27);2*1H. The minimum atomic E-state index is -3.74. The summed E-state index contributed by atoms with van der Waals surface area (Å²) in [6, 6.07) is 13.7. The molecule has 1 saturated carbocycles. The van der Waals surface area contributed by atoms with Crippen LogP contribution < -0.4 is 19.9 Å². The number of anilines is 1. The first-order valence-electron chi connectivity index (χ1n) is 10.1. The zero-order valence-corrected chi connectivity index (χ0v) is 18.1. The second-order valence-electron chi connectivity index (χ2n) is 8.06. The number of primary sulfonamides is 1. The normalized spacial score (nSPS) is 15.9. The number of fused-ring (bicyclic) bond motifs is 1. The first-order valence-corrected chi connectivity index (χ1v) is 11.6. The summed E-state index contributed by atoms with van der Waals surface area (Å²) in [6.07, 6.45) is 3.18. The molecule has 1 fully saturated rings. The van der Waals surface area contributed by atoms with Gasteiger partial charge in [0.25, 0.3) is 0 Å². The molecule has 0 unspecified atom stereocenters. The monoisotopic (exact) mass is 455 g/mol. The molecule has 1 aliphatic heterocycles. The lowest BCUT2D eigenvalue weighted by molar-refractivity contribution is -0.118. The van der Waals surface area contributed by atoms with Gasteiger partial charge in [0.1, 0.15) is 5.82 Å². The Morgan fingerprint density at radius 1 is 1.09 bits per heavy atom. The summed E-state index contributed by atoms with van der Waals surface area (Å²) in [4.78, 5) is 17.6. The first kappa shape index (κ1) is 20.5. The quantitative estimate of drug-likeness (QED) is 0.606. The number of rotatable bonds is 5. The maximum atomic E-state index is 13.1. The number of carbonyl (C=O) groups is 1. The van der Waals surface area contributed by atoms with E-state index in [1.807, 2.05) is 25.1 Å². The van der Waals surface area contributed by atoms with Crippen molar-refractivity contribution in [3.8, 4) is 22.6 Å². The van der Waals surface area contributed by atoms with Crippen molar-refractivity contribution >= 4 is 21.7 Å². The van der Waals surface area contributed by atoms with Gasteiger partial charge in [0.2, 0.25) is 22.7 Å². The highest BCUT2D eigenvalue weighted by Gasteiger charge is 2.51. The molecular weight excluding hydrogens is 430 g/mol. The number of aryl methyl sites for hydroxylation is 1. The predicted octanol–water partition coefficient (Wildman–Crippen LogP) is 3.60. The van der Waals surface area contributed by atoms with Gasteiger partial charge in [-0.15, -0.1) is 0 Å². The molecular formula is C23H25N3O5S. The lowest BCUT2D eigenvalue weighted by Crippen LogP contribution is -2.28. The topological polar surface area (TPSA) is 121 Å². The van der Waals surface area contributed by atoms with Crippen molar-refractivity contribution in [2.24, 2.45) is 5.14 Å². The largest absolute Gasteiger partial charge is 0.454 e. The number of nitrogens with one attached hydrogen (secondary N) is 1. The molecule has 2 aromatic carbocycles. The number of pyridine rings is 1. The SMILES string of the molecule is Cc1cc(NC(=O)C2(c3ccc4c(c3)OCO4)CC2)ncc1-c1ccc(S(N)(=O)=O)cc1.[HH].[HH]. The third-order valence-electron chi connectivity index (χ3n) is 5.96. The van der Waals surface area contributed by atoms with Crippen molar-refractivity contribution in [2.45, 2.75) is 30.1 Å². The number of hydrogen-bond donors (Lipinski definition) is 2. The molecule has 0 bridgehead atoms. The van der Waals surface area contributed by atoms with E-state index in [4.69, 9.17) is 14.6 Å². The average Bonchev–Trinajstić information content (AvgIpc) is 3.44. The maximum Gasteiger partial charge on any atom is 0.238 e. The number of nitrogens with two attached hydrogens (primary N) is 1. The van der Waals surface area contributed by atoms with Crippen molar-refractivity contribution in [3.63, 3.8) is 0 Å². The van der Waals surface area contributed by atoms with Crippen LogP contribution in [0.4, 0.5) is 5.82 Å². The number of nitrogens with zero attached hydrogens (tertiary/aromatic N) is 1. The molecule has 0 atom stereocenters. The van der Waals surface area contributed by atoms with Crippen LogP contribution in [0.3, 0.4) is 0 Å². The van der Waals surface area contributed by atoms with Gasteiger partial charge in [0.05, 0.1) is 10.3 Å². The predicted molar refractivity (Wildman–Crippen MR) is 122 cm³/mol. The Balaban J connectivity index is 0.00000162. The Morgan fingerprint density at radius 2 is 1.81 bits per heavy atom. The van der Waals surface area contributed by atoms with Gasteiger partial charge in [-0.3, -0.25) is 4.79 Å². The summed E-state index contributed by atoms with van der Waals surface area (Å²) in [5, 5.41) is 8.10. The molecule has 8 nitrogen and oxygen atoms in total. The molecule has 9 heteroatoms. The summed E-state index contributed by atoms with van der Waals surface area (Å²) in [6.45, 7) is 2.10. The van der Waals surface area contributed by atoms with E-state index < -0.39 is 15.4 Å². The second kappa shape index (κ2) is 7.32. The molecule has 3 aromatic rings. The van der Waals surface area contributed by atoms with E-state index in [1.165, 1.54) is 12.1 Å². The lowest BCUT2D eigenvalue weighted by atomic mass is 9.94. The Labute approximate surface area is 188 Å². The molecule has 32 heavy (non-hydrogen) atoms. The fourth-order valence-electron chi connectivity index (χ4n) is 3.95. The van der Waals surface area contributed by atoms with Crippen LogP contribution in [0.1, 0.15) is 26.8 Å². The molecule has 0 radical (unpaired) electrons. The minimum Gasteiger partial charge on any atom is -0.454 e. The molecule has 1 aliphatic carbocycles. The van der Waals surface area contributed by atoms with Crippen LogP contribution in [0.5, 0.6) is 11.5 Å². The number of carbonyl (C=O) groups excluding carboxylic acids is 1. The van der Waals surface area contributed by atoms with Gasteiger partial charge < -0.3 is 14.8 Å². The number of aromatic nitrogens is 1. The van der Waals surface area contributed by atoms with Gasteiger partial charge in [-0.2, -0.15) is 0 Å². The van der Waals surface area contributed by atoms with E-state index in [9.17, 15) is 13.2 Å². The second-order valence-corrected chi connectivity index (χ2v) is 9.62. The van der Waals surface area contributed by atoms with Gasteiger partial charge in [-0.05, 0) is 66.8 Å². The van der Waals surface area contributed by atoms with Gasteiger partial charge in [-0.1, -0.05) is 18.2 Å². The van der Waals surface area contributed by atoms with E-state index in [0.717, 1.165) is 35.1 Å². The first-order chi connectivity index (χ1) is 15.3. The number of hydrogen-bond acceptors (Lipinski definition) is 6. The lowest BCUT2D eigenvalue weighted by Gasteiger charge is -2.16. The van der Waals surface area contributed by atoms with Crippen LogP contribution in [0.2, 0.25) is 0 Å². The third kappa shape index (κ3) is 3.59. The average molecular weight is 456 g/mol. The van der Waals surface area contributed by atoms with Gasteiger partial charge >= 0.3 is 0 Å². The van der Waals surface area contributed by atoms with Crippen LogP contribution in [0.15, 0.2) is 59.6 Å². The van der Waals surface area contributed by atoms with E-state index >= 15 is 0 Å². The van der Waals surface area contributed by atoms with Crippen molar-refractivity contribution < 1.29 is 25.5 Å². The van der Waals surface area contributed by atoms with E-state index in [1.54, 1.807) is 24.4 Å². The summed E-state index contributed by atoms with van der Waals surface area (Å²) >= 11 is 0. The molecule has 1 amide bonds. The fourth-order valence-corrected chi connectivity index (χ4v) is 4.47. The van der Waals surface area contributed by atoms with Crippen LogP contribution in [-0.2, 0) is 20.2 Å². The Kier molecular flexibility index (Phi) is 4.68. The van der Waals surface area contributed by atoms with Crippen molar-refractivity contribution in [3.05, 3.63) is 65.9 Å². The van der Waals surface area contributed by atoms with Crippen LogP contribution in [-0.4, -0.2) is 26.1 Å². The molecule has 3 N–H and O–H groups in total.